The first-order chi connectivity index (χ1) is 17.3. The smallest absolute Gasteiger partial charge is 0.278 e. The molecule has 9 nitrogen and oxygen atoms in total. The molecule has 0 unspecified atom stereocenters. The van der Waals surface area contributed by atoms with Gasteiger partial charge in [0.2, 0.25) is 11.6 Å². The van der Waals surface area contributed by atoms with Crippen LogP contribution >= 0.6 is 0 Å². The van der Waals surface area contributed by atoms with E-state index in [2.05, 4.69) is 37.6 Å². The molecule has 6 rings (SSSR count). The summed E-state index contributed by atoms with van der Waals surface area (Å²) in [6.07, 6.45) is 6.12. The molecule has 1 aliphatic carbocycles. The van der Waals surface area contributed by atoms with E-state index in [1.807, 2.05) is 31.5 Å². The standard InChI is InChI=1S/C27H28N8O/c1-27(2,3)23-22(28-4)21(10-12-30-23)35-24-20(25(36)34(35)19-7-8-19)15-31-26(33-24)32-18-6-5-17-14-29-11-9-16(17)13-18/h5-6,10,12-13,15,19,29H,7-9,11,14H2,1-3H3,(H,31,32,33). The lowest BCUT2D eigenvalue weighted by molar-refractivity contribution is 0.552. The minimum atomic E-state index is -0.326. The zero-order valence-corrected chi connectivity index (χ0v) is 20.7. The summed E-state index contributed by atoms with van der Waals surface area (Å²) in [7, 11) is 0. The number of aromatic nitrogens is 5. The Morgan fingerprint density at radius 3 is 2.75 bits per heavy atom. The van der Waals surface area contributed by atoms with Gasteiger partial charge in [-0.25, -0.2) is 19.2 Å². The average Bonchev–Trinajstić information content (AvgIpc) is 3.67. The van der Waals surface area contributed by atoms with E-state index < -0.39 is 0 Å². The highest BCUT2D eigenvalue weighted by molar-refractivity contribution is 5.80. The van der Waals surface area contributed by atoms with Crippen LogP contribution in [0, 0.1) is 6.57 Å². The summed E-state index contributed by atoms with van der Waals surface area (Å²) in [6.45, 7) is 15.9. The lowest BCUT2D eigenvalue weighted by atomic mass is 9.90. The number of pyridine rings is 1. The number of anilines is 2. The minimum Gasteiger partial charge on any atom is -0.324 e. The average molecular weight is 481 g/mol. The van der Waals surface area contributed by atoms with Crippen LogP contribution in [0.15, 0.2) is 41.5 Å². The molecule has 0 saturated heterocycles. The molecule has 182 valence electrons. The van der Waals surface area contributed by atoms with E-state index in [0.29, 0.717) is 34.1 Å². The van der Waals surface area contributed by atoms with Gasteiger partial charge < -0.3 is 10.6 Å². The van der Waals surface area contributed by atoms with Crippen LogP contribution in [0.25, 0.3) is 21.6 Å². The van der Waals surface area contributed by atoms with Crippen molar-refractivity contribution in [3.8, 4) is 5.69 Å². The quantitative estimate of drug-likeness (QED) is 0.416. The number of hydrogen-bond acceptors (Lipinski definition) is 6. The van der Waals surface area contributed by atoms with E-state index in [-0.39, 0.29) is 17.0 Å². The Hall–Kier alpha value is -4.03. The van der Waals surface area contributed by atoms with Gasteiger partial charge in [0.1, 0.15) is 5.39 Å². The molecule has 2 aliphatic rings. The molecule has 4 heterocycles. The lowest BCUT2D eigenvalue weighted by Crippen LogP contribution is -2.23. The first kappa shape index (κ1) is 22.4. The zero-order chi connectivity index (χ0) is 25.0. The minimum absolute atomic E-state index is 0.0854. The SMILES string of the molecule is [C-]#[N+]c1c(-n2c3nc(Nc4ccc5c(c4)CCNC5)ncc3c(=O)n2C2CC2)ccnc1C(C)(C)C. The zero-order valence-electron chi connectivity index (χ0n) is 20.7. The van der Waals surface area contributed by atoms with Crippen LogP contribution < -0.4 is 16.2 Å². The van der Waals surface area contributed by atoms with Gasteiger partial charge in [0.15, 0.2) is 5.65 Å². The highest BCUT2D eigenvalue weighted by atomic mass is 16.1. The van der Waals surface area contributed by atoms with Crippen LogP contribution in [0.1, 0.15) is 56.5 Å². The first-order valence-electron chi connectivity index (χ1n) is 12.3. The van der Waals surface area contributed by atoms with Crippen molar-refractivity contribution >= 4 is 28.4 Å². The largest absolute Gasteiger partial charge is 0.324 e. The topological polar surface area (TPSA) is 94.0 Å². The van der Waals surface area contributed by atoms with Crippen molar-refractivity contribution in [1.29, 1.82) is 0 Å². The molecular formula is C27H28N8O. The number of benzene rings is 1. The molecule has 0 radical (unpaired) electrons. The maximum Gasteiger partial charge on any atom is 0.278 e. The Labute approximate surface area is 209 Å². The van der Waals surface area contributed by atoms with Gasteiger partial charge in [0, 0.05) is 24.6 Å². The van der Waals surface area contributed by atoms with Gasteiger partial charge in [-0.2, -0.15) is 4.98 Å². The number of nitrogens with zero attached hydrogens (tertiary/aromatic N) is 6. The van der Waals surface area contributed by atoms with Crippen LogP contribution in [-0.4, -0.2) is 30.9 Å². The molecule has 36 heavy (non-hydrogen) atoms. The van der Waals surface area contributed by atoms with Crippen molar-refractivity contribution in [1.82, 2.24) is 29.6 Å². The monoisotopic (exact) mass is 480 g/mol. The summed E-state index contributed by atoms with van der Waals surface area (Å²) in [4.78, 5) is 31.1. The molecule has 1 aromatic carbocycles. The van der Waals surface area contributed by atoms with Gasteiger partial charge in [-0.3, -0.25) is 9.78 Å². The molecule has 1 saturated carbocycles. The fraction of sp³-hybridized carbons (Fsp3) is 0.370. The van der Waals surface area contributed by atoms with E-state index >= 15 is 0 Å². The number of fused-ring (bicyclic) bond motifs is 2. The molecule has 0 amide bonds. The highest BCUT2D eigenvalue weighted by Gasteiger charge is 2.32. The molecule has 1 aliphatic heterocycles. The van der Waals surface area contributed by atoms with Gasteiger partial charge in [0.05, 0.1) is 24.0 Å². The third-order valence-electron chi connectivity index (χ3n) is 6.82. The Bertz CT molecular complexity index is 1600. The fourth-order valence-electron chi connectivity index (χ4n) is 4.90. The first-order valence-corrected chi connectivity index (χ1v) is 12.3. The van der Waals surface area contributed by atoms with E-state index in [9.17, 15) is 4.79 Å². The molecule has 1 fully saturated rings. The fourth-order valence-corrected chi connectivity index (χ4v) is 4.90. The van der Waals surface area contributed by atoms with Crippen LogP contribution in [0.2, 0.25) is 0 Å². The van der Waals surface area contributed by atoms with Crippen LogP contribution in [0.4, 0.5) is 17.3 Å². The van der Waals surface area contributed by atoms with Crippen LogP contribution in [0.5, 0.6) is 0 Å². The van der Waals surface area contributed by atoms with Gasteiger partial charge in [-0.1, -0.05) is 26.8 Å². The molecule has 3 aromatic heterocycles. The second-order valence-electron chi connectivity index (χ2n) is 10.5. The summed E-state index contributed by atoms with van der Waals surface area (Å²) in [5, 5.41) is 7.15. The normalized spacial score (nSPS) is 15.5. The maximum atomic E-state index is 13.5. The van der Waals surface area contributed by atoms with E-state index in [4.69, 9.17) is 11.6 Å². The lowest BCUT2D eigenvalue weighted by Gasteiger charge is -2.22. The van der Waals surface area contributed by atoms with Crippen molar-refractivity contribution in [2.24, 2.45) is 0 Å². The van der Waals surface area contributed by atoms with Gasteiger partial charge in [-0.15, -0.1) is 0 Å². The second kappa shape index (κ2) is 8.28. The van der Waals surface area contributed by atoms with Gasteiger partial charge in [-0.05, 0) is 60.5 Å². The number of hydrogen-bond donors (Lipinski definition) is 2. The molecule has 0 bridgehead atoms. The predicted molar refractivity (Wildman–Crippen MR) is 139 cm³/mol. The number of rotatable bonds is 4. The Morgan fingerprint density at radius 1 is 1.17 bits per heavy atom. The number of nitrogens with one attached hydrogen (secondary N) is 2. The van der Waals surface area contributed by atoms with Crippen molar-refractivity contribution in [2.45, 2.75) is 58.0 Å². The van der Waals surface area contributed by atoms with Crippen molar-refractivity contribution in [3.63, 3.8) is 0 Å². The third-order valence-corrected chi connectivity index (χ3v) is 6.82. The van der Waals surface area contributed by atoms with Crippen molar-refractivity contribution in [2.75, 3.05) is 11.9 Å². The highest BCUT2D eigenvalue weighted by Crippen LogP contribution is 2.39. The summed E-state index contributed by atoms with van der Waals surface area (Å²) in [5.74, 6) is 0.410. The van der Waals surface area contributed by atoms with Gasteiger partial charge >= 0.3 is 0 Å². The Balaban J connectivity index is 1.52. The molecule has 0 spiro atoms. The second-order valence-corrected chi connectivity index (χ2v) is 10.5. The van der Waals surface area contributed by atoms with Crippen molar-refractivity contribution in [3.05, 3.63) is 75.3 Å². The van der Waals surface area contributed by atoms with Crippen LogP contribution in [-0.2, 0) is 18.4 Å². The maximum absolute atomic E-state index is 13.5. The summed E-state index contributed by atoms with van der Waals surface area (Å²) in [6, 6.07) is 8.17. The molecule has 9 heteroatoms. The summed E-state index contributed by atoms with van der Waals surface area (Å²) < 4.78 is 3.55. The van der Waals surface area contributed by atoms with Crippen LogP contribution in [0.3, 0.4) is 0 Å². The Kier molecular flexibility index (Phi) is 5.16. The molecule has 0 atom stereocenters. The van der Waals surface area contributed by atoms with E-state index in [0.717, 1.165) is 38.0 Å². The van der Waals surface area contributed by atoms with E-state index in [1.54, 1.807) is 23.1 Å². The summed E-state index contributed by atoms with van der Waals surface area (Å²) >= 11 is 0. The molecular weight excluding hydrogens is 452 g/mol. The predicted octanol–water partition coefficient (Wildman–Crippen LogP) is 4.55. The van der Waals surface area contributed by atoms with E-state index in [1.165, 1.54) is 11.1 Å². The molecule has 4 aromatic rings. The molecule has 2 N–H and O–H groups in total. The van der Waals surface area contributed by atoms with Gasteiger partial charge in [0.25, 0.3) is 5.56 Å². The summed E-state index contributed by atoms with van der Waals surface area (Å²) in [5.41, 5.74) is 5.31. The van der Waals surface area contributed by atoms with Crippen molar-refractivity contribution < 1.29 is 0 Å². The Morgan fingerprint density at radius 2 is 2.00 bits per heavy atom. The third kappa shape index (κ3) is 3.74.